The van der Waals surface area contributed by atoms with Crippen LogP contribution < -0.4 is 5.32 Å². The van der Waals surface area contributed by atoms with E-state index in [1.165, 1.54) is 25.7 Å². The Morgan fingerprint density at radius 3 is 2.16 bits per heavy atom. The first-order chi connectivity index (χ1) is 8.96. The van der Waals surface area contributed by atoms with Gasteiger partial charge in [-0.2, -0.15) is 0 Å². The fourth-order valence-corrected chi connectivity index (χ4v) is 3.05. The first kappa shape index (κ1) is 16.4. The maximum Gasteiger partial charge on any atom is 0.239 e. The summed E-state index contributed by atoms with van der Waals surface area (Å²) in [6, 6.07) is -0.0858. The second-order valence-corrected chi connectivity index (χ2v) is 5.94. The molecule has 0 spiro atoms. The predicted molar refractivity (Wildman–Crippen MR) is 80.3 cm³/mol. The summed E-state index contributed by atoms with van der Waals surface area (Å²) in [5, 5.41) is 3.46. The van der Waals surface area contributed by atoms with Gasteiger partial charge in [0.25, 0.3) is 0 Å². The lowest BCUT2D eigenvalue weighted by Gasteiger charge is -2.37. The van der Waals surface area contributed by atoms with Crippen LogP contribution in [0.1, 0.15) is 46.5 Å². The molecule has 1 aliphatic carbocycles. The highest BCUT2D eigenvalue weighted by molar-refractivity contribution is 5.81. The van der Waals surface area contributed by atoms with E-state index in [-0.39, 0.29) is 17.5 Å². The normalized spacial score (nSPS) is 19.7. The van der Waals surface area contributed by atoms with Crippen molar-refractivity contribution in [3.8, 4) is 0 Å². The van der Waals surface area contributed by atoms with Crippen molar-refractivity contribution in [2.45, 2.75) is 58.0 Å². The zero-order valence-corrected chi connectivity index (χ0v) is 13.3. The number of carbonyl (C=O) groups is 1. The van der Waals surface area contributed by atoms with Crippen molar-refractivity contribution in [1.29, 1.82) is 0 Å². The van der Waals surface area contributed by atoms with Crippen LogP contribution in [0.4, 0.5) is 0 Å². The molecule has 1 amide bonds. The lowest BCUT2D eigenvalue weighted by atomic mass is 9.95. The summed E-state index contributed by atoms with van der Waals surface area (Å²) in [6.07, 6.45) is 5.08. The van der Waals surface area contributed by atoms with E-state index in [1.54, 1.807) is 0 Å². The summed E-state index contributed by atoms with van der Waals surface area (Å²) in [7, 11) is 4.31. The quantitative estimate of drug-likeness (QED) is 0.764. The summed E-state index contributed by atoms with van der Waals surface area (Å²) in [5.74, 6) is 0.219. The van der Waals surface area contributed by atoms with Gasteiger partial charge < -0.3 is 15.1 Å². The van der Waals surface area contributed by atoms with Gasteiger partial charge in [0.15, 0.2) is 0 Å². The molecule has 0 bridgehead atoms. The van der Waals surface area contributed by atoms with Crippen LogP contribution >= 0.6 is 0 Å². The zero-order valence-electron chi connectivity index (χ0n) is 13.3. The molecule has 0 heterocycles. The Morgan fingerprint density at radius 2 is 1.74 bits per heavy atom. The number of amides is 1. The Balaban J connectivity index is 2.52. The number of likely N-dealkylation sites (N-methyl/N-ethyl adjacent to an activating group) is 2. The molecule has 1 aliphatic rings. The molecule has 1 N–H and O–H groups in total. The van der Waals surface area contributed by atoms with Gasteiger partial charge in [-0.25, -0.2) is 0 Å². The molecular formula is C15H31N3O. The van der Waals surface area contributed by atoms with Crippen LogP contribution in [-0.2, 0) is 4.79 Å². The van der Waals surface area contributed by atoms with Gasteiger partial charge in [-0.3, -0.25) is 4.79 Å². The van der Waals surface area contributed by atoms with E-state index in [4.69, 9.17) is 0 Å². The summed E-state index contributed by atoms with van der Waals surface area (Å²) in [6.45, 7) is 8.55. The van der Waals surface area contributed by atoms with Crippen molar-refractivity contribution in [1.82, 2.24) is 15.1 Å². The number of nitrogens with zero attached hydrogens (tertiary/aromatic N) is 2. The molecular weight excluding hydrogens is 238 g/mol. The van der Waals surface area contributed by atoms with Crippen LogP contribution in [0.3, 0.4) is 0 Å². The monoisotopic (exact) mass is 269 g/mol. The first-order valence-corrected chi connectivity index (χ1v) is 7.66. The van der Waals surface area contributed by atoms with E-state index in [0.29, 0.717) is 0 Å². The van der Waals surface area contributed by atoms with Crippen molar-refractivity contribution in [2.75, 3.05) is 33.7 Å². The molecule has 4 heteroatoms. The minimum atomic E-state index is -0.0858. The average Bonchev–Trinajstić information content (AvgIpc) is 2.87. The van der Waals surface area contributed by atoms with E-state index >= 15 is 0 Å². The molecule has 0 aromatic rings. The Labute approximate surface area is 118 Å². The number of carbonyl (C=O) groups excluding carboxylic acids is 1. The molecule has 1 saturated carbocycles. The van der Waals surface area contributed by atoms with E-state index in [1.807, 2.05) is 25.7 Å². The van der Waals surface area contributed by atoms with E-state index < -0.39 is 0 Å². The van der Waals surface area contributed by atoms with Crippen LogP contribution in [0.2, 0.25) is 0 Å². The van der Waals surface area contributed by atoms with Gasteiger partial charge in [0, 0.05) is 25.2 Å². The largest absolute Gasteiger partial charge is 0.342 e. The van der Waals surface area contributed by atoms with Crippen LogP contribution in [0.5, 0.6) is 0 Å². The lowest BCUT2D eigenvalue weighted by Crippen LogP contribution is -2.54. The molecule has 1 atom stereocenters. The number of hydrogen-bond donors (Lipinski definition) is 1. The van der Waals surface area contributed by atoms with Gasteiger partial charge in [0.1, 0.15) is 0 Å². The highest BCUT2D eigenvalue weighted by Crippen LogP contribution is 2.33. The highest BCUT2D eigenvalue weighted by Gasteiger charge is 2.36. The maximum absolute atomic E-state index is 12.2. The number of rotatable bonds is 7. The number of nitrogens with one attached hydrogen (secondary N) is 1. The first-order valence-electron chi connectivity index (χ1n) is 7.66. The standard InChI is InChI=1S/C15H31N3O/c1-6-18(7-2)14(19)13(3)16-12-15(17(4)5)10-8-9-11-15/h13,16H,6-12H2,1-5H3. The molecule has 0 aromatic carbocycles. The second-order valence-electron chi connectivity index (χ2n) is 5.94. The van der Waals surface area contributed by atoms with Crippen molar-refractivity contribution >= 4 is 5.91 Å². The van der Waals surface area contributed by atoms with Crippen molar-refractivity contribution in [3.05, 3.63) is 0 Å². The molecule has 0 aliphatic heterocycles. The molecule has 112 valence electrons. The topological polar surface area (TPSA) is 35.6 Å². The minimum Gasteiger partial charge on any atom is -0.342 e. The Hall–Kier alpha value is -0.610. The van der Waals surface area contributed by atoms with Crippen molar-refractivity contribution < 1.29 is 4.79 Å². The van der Waals surface area contributed by atoms with E-state index in [9.17, 15) is 4.79 Å². The molecule has 1 unspecified atom stereocenters. The molecule has 19 heavy (non-hydrogen) atoms. The Morgan fingerprint density at radius 1 is 1.21 bits per heavy atom. The SMILES string of the molecule is CCN(CC)C(=O)C(C)NCC1(N(C)C)CCCC1. The third kappa shape index (κ3) is 3.93. The van der Waals surface area contributed by atoms with Crippen molar-refractivity contribution in [2.24, 2.45) is 0 Å². The average molecular weight is 269 g/mol. The van der Waals surface area contributed by atoms with Gasteiger partial charge in [-0.05, 0) is 47.7 Å². The smallest absolute Gasteiger partial charge is 0.239 e. The Bertz CT molecular complexity index is 281. The number of hydrogen-bond acceptors (Lipinski definition) is 3. The van der Waals surface area contributed by atoms with E-state index in [2.05, 4.69) is 24.3 Å². The zero-order chi connectivity index (χ0) is 14.5. The van der Waals surface area contributed by atoms with Crippen LogP contribution in [0, 0.1) is 0 Å². The van der Waals surface area contributed by atoms with Gasteiger partial charge in [0.2, 0.25) is 5.91 Å². The third-order valence-corrected chi connectivity index (χ3v) is 4.67. The molecule has 1 rings (SSSR count). The van der Waals surface area contributed by atoms with Crippen molar-refractivity contribution in [3.63, 3.8) is 0 Å². The molecule has 1 fully saturated rings. The summed E-state index contributed by atoms with van der Waals surface area (Å²) in [5.41, 5.74) is 0.248. The van der Waals surface area contributed by atoms with Gasteiger partial charge in [-0.1, -0.05) is 12.8 Å². The fourth-order valence-electron chi connectivity index (χ4n) is 3.05. The maximum atomic E-state index is 12.2. The predicted octanol–water partition coefficient (Wildman–Crippen LogP) is 1.71. The molecule has 0 radical (unpaired) electrons. The fraction of sp³-hybridized carbons (Fsp3) is 0.933. The molecule has 4 nitrogen and oxygen atoms in total. The lowest BCUT2D eigenvalue weighted by molar-refractivity contribution is -0.132. The summed E-state index contributed by atoms with van der Waals surface area (Å²) >= 11 is 0. The van der Waals surface area contributed by atoms with Gasteiger partial charge >= 0.3 is 0 Å². The molecule has 0 saturated heterocycles. The van der Waals surface area contributed by atoms with Crippen LogP contribution in [-0.4, -0.2) is 61.0 Å². The van der Waals surface area contributed by atoms with Crippen LogP contribution in [0.25, 0.3) is 0 Å². The summed E-state index contributed by atoms with van der Waals surface area (Å²) < 4.78 is 0. The van der Waals surface area contributed by atoms with E-state index in [0.717, 1.165) is 19.6 Å². The van der Waals surface area contributed by atoms with Crippen LogP contribution in [0.15, 0.2) is 0 Å². The third-order valence-electron chi connectivity index (χ3n) is 4.67. The molecule has 0 aromatic heterocycles. The van der Waals surface area contributed by atoms with Gasteiger partial charge in [-0.15, -0.1) is 0 Å². The summed E-state index contributed by atoms with van der Waals surface area (Å²) in [4.78, 5) is 16.5. The highest BCUT2D eigenvalue weighted by atomic mass is 16.2. The Kier molecular flexibility index (Phi) is 6.27. The second kappa shape index (κ2) is 7.25. The minimum absolute atomic E-state index is 0.0858. The van der Waals surface area contributed by atoms with Gasteiger partial charge in [0.05, 0.1) is 6.04 Å².